The van der Waals surface area contributed by atoms with Gasteiger partial charge in [-0.15, -0.1) is 23.7 Å². The number of sulfonamides is 1. The standard InChI is InChI=1S/C14H15N5O3S2.ClH/c20-24(21,14-2-1-13(23-14)12-3-6-22-18-12)16-8-10-7-11-9-15-4-5-19(11)17-10;/h1-3,6-7,15-16H,4-5,8-9H2;1H. The third kappa shape index (κ3) is 3.77. The van der Waals surface area contributed by atoms with Gasteiger partial charge in [0.25, 0.3) is 0 Å². The molecule has 0 spiro atoms. The van der Waals surface area contributed by atoms with E-state index in [0.29, 0.717) is 11.4 Å². The minimum Gasteiger partial charge on any atom is -0.364 e. The SMILES string of the molecule is Cl.O=S(=O)(NCc1cc2n(n1)CCNC2)c1ccc(-c2ccon2)s1. The number of halogens is 1. The zero-order valence-electron chi connectivity index (χ0n) is 13.0. The van der Waals surface area contributed by atoms with Gasteiger partial charge in [0, 0.05) is 19.2 Å². The van der Waals surface area contributed by atoms with Crippen molar-refractivity contribution in [2.24, 2.45) is 0 Å². The summed E-state index contributed by atoms with van der Waals surface area (Å²) >= 11 is 1.15. The Bertz CT molecular complexity index is 926. The predicted molar refractivity (Wildman–Crippen MR) is 95.0 cm³/mol. The summed E-state index contributed by atoms with van der Waals surface area (Å²) in [6.45, 7) is 2.60. The van der Waals surface area contributed by atoms with E-state index in [4.69, 9.17) is 4.52 Å². The van der Waals surface area contributed by atoms with Gasteiger partial charge in [-0.1, -0.05) is 5.16 Å². The maximum Gasteiger partial charge on any atom is 0.250 e. The van der Waals surface area contributed by atoms with Crippen LogP contribution >= 0.6 is 23.7 Å². The highest BCUT2D eigenvalue weighted by Crippen LogP contribution is 2.29. The zero-order valence-corrected chi connectivity index (χ0v) is 15.5. The molecule has 0 saturated heterocycles. The minimum absolute atomic E-state index is 0. The second-order valence-corrected chi connectivity index (χ2v) is 8.43. The molecule has 0 radical (unpaired) electrons. The van der Waals surface area contributed by atoms with Crippen LogP contribution in [0.1, 0.15) is 11.4 Å². The number of nitrogens with zero attached hydrogens (tertiary/aromatic N) is 3. The number of thiophene rings is 1. The first kappa shape index (κ1) is 18.1. The largest absolute Gasteiger partial charge is 0.364 e. The highest BCUT2D eigenvalue weighted by Gasteiger charge is 2.19. The molecule has 4 rings (SSSR count). The van der Waals surface area contributed by atoms with Crippen molar-refractivity contribution < 1.29 is 12.9 Å². The lowest BCUT2D eigenvalue weighted by Gasteiger charge is -2.13. The van der Waals surface area contributed by atoms with E-state index >= 15 is 0 Å². The molecule has 0 unspecified atom stereocenters. The Morgan fingerprint density at radius 3 is 3.00 bits per heavy atom. The summed E-state index contributed by atoms with van der Waals surface area (Å²) in [7, 11) is -3.58. The number of hydrogen-bond acceptors (Lipinski definition) is 7. The maximum atomic E-state index is 12.4. The molecule has 0 saturated carbocycles. The van der Waals surface area contributed by atoms with Crippen molar-refractivity contribution >= 4 is 33.8 Å². The molecule has 0 fully saturated rings. The highest BCUT2D eigenvalue weighted by atomic mass is 35.5. The van der Waals surface area contributed by atoms with Crippen molar-refractivity contribution in [3.05, 3.63) is 41.9 Å². The van der Waals surface area contributed by atoms with Gasteiger partial charge < -0.3 is 9.84 Å². The lowest BCUT2D eigenvalue weighted by Crippen LogP contribution is -2.28. The Morgan fingerprint density at radius 1 is 1.36 bits per heavy atom. The van der Waals surface area contributed by atoms with Gasteiger partial charge in [-0.25, -0.2) is 13.1 Å². The average molecular weight is 402 g/mol. The van der Waals surface area contributed by atoms with E-state index in [1.54, 1.807) is 18.2 Å². The van der Waals surface area contributed by atoms with E-state index in [1.807, 2.05) is 10.7 Å². The van der Waals surface area contributed by atoms with Gasteiger partial charge in [0.1, 0.15) is 16.2 Å². The Kier molecular flexibility index (Phi) is 5.25. The molecule has 8 nitrogen and oxygen atoms in total. The summed E-state index contributed by atoms with van der Waals surface area (Å²) < 4.78 is 34.4. The van der Waals surface area contributed by atoms with Gasteiger partial charge >= 0.3 is 0 Å². The number of rotatable bonds is 5. The fourth-order valence-corrected chi connectivity index (χ4v) is 4.83. The van der Waals surface area contributed by atoms with Crippen molar-refractivity contribution in [3.8, 4) is 10.6 Å². The third-order valence-corrected chi connectivity index (χ3v) is 6.70. The molecular formula is C14H16ClN5O3S2. The van der Waals surface area contributed by atoms with Crippen LogP contribution in [-0.4, -0.2) is 29.9 Å². The summed E-state index contributed by atoms with van der Waals surface area (Å²) in [4.78, 5) is 0.743. The summed E-state index contributed by atoms with van der Waals surface area (Å²) in [5, 5.41) is 11.5. The number of nitrogens with one attached hydrogen (secondary N) is 2. The second-order valence-electron chi connectivity index (χ2n) is 5.35. The predicted octanol–water partition coefficient (Wildman–Crippen LogP) is 1.60. The van der Waals surface area contributed by atoms with E-state index in [-0.39, 0.29) is 23.2 Å². The van der Waals surface area contributed by atoms with Crippen molar-refractivity contribution in [1.82, 2.24) is 25.0 Å². The molecule has 0 aromatic carbocycles. The molecule has 0 atom stereocenters. The van der Waals surface area contributed by atoms with Crippen LogP contribution < -0.4 is 10.0 Å². The van der Waals surface area contributed by atoms with Crippen LogP contribution in [0.5, 0.6) is 0 Å². The van der Waals surface area contributed by atoms with Gasteiger partial charge in [-0.05, 0) is 18.2 Å². The van der Waals surface area contributed by atoms with E-state index in [2.05, 4.69) is 20.3 Å². The van der Waals surface area contributed by atoms with Crippen molar-refractivity contribution in [1.29, 1.82) is 0 Å². The number of fused-ring (bicyclic) bond motifs is 1. The van der Waals surface area contributed by atoms with E-state index < -0.39 is 10.0 Å². The molecule has 0 bridgehead atoms. The van der Waals surface area contributed by atoms with Crippen molar-refractivity contribution in [2.75, 3.05) is 6.54 Å². The molecule has 1 aliphatic heterocycles. The fraction of sp³-hybridized carbons (Fsp3) is 0.286. The lowest BCUT2D eigenvalue weighted by atomic mass is 10.3. The lowest BCUT2D eigenvalue weighted by molar-refractivity contribution is 0.422. The molecule has 3 aromatic rings. The number of hydrogen-bond donors (Lipinski definition) is 2. The Hall–Kier alpha value is -1.72. The Labute approximate surface area is 154 Å². The summed E-state index contributed by atoms with van der Waals surface area (Å²) in [5.41, 5.74) is 2.40. The van der Waals surface area contributed by atoms with Crippen molar-refractivity contribution in [3.63, 3.8) is 0 Å². The molecule has 134 valence electrons. The fourth-order valence-electron chi connectivity index (χ4n) is 2.52. The summed E-state index contributed by atoms with van der Waals surface area (Å²) in [6.07, 6.45) is 1.46. The maximum absolute atomic E-state index is 12.4. The van der Waals surface area contributed by atoms with Gasteiger partial charge in [0.15, 0.2) is 0 Å². The topological polar surface area (TPSA) is 102 Å². The zero-order chi connectivity index (χ0) is 16.6. The van der Waals surface area contributed by atoms with Crippen molar-refractivity contribution in [2.45, 2.75) is 23.8 Å². The summed E-state index contributed by atoms with van der Waals surface area (Å²) in [6, 6.07) is 6.90. The molecule has 11 heteroatoms. The Balaban J connectivity index is 0.00000182. The molecule has 0 amide bonds. The highest BCUT2D eigenvalue weighted by molar-refractivity contribution is 7.91. The minimum atomic E-state index is -3.58. The van der Waals surface area contributed by atoms with Crippen LogP contribution in [0.2, 0.25) is 0 Å². The first-order valence-corrected chi connectivity index (χ1v) is 9.68. The molecule has 0 aliphatic carbocycles. The third-order valence-electron chi connectivity index (χ3n) is 3.70. The van der Waals surface area contributed by atoms with Gasteiger partial charge in [0.05, 0.1) is 29.4 Å². The quantitative estimate of drug-likeness (QED) is 0.673. The van der Waals surface area contributed by atoms with Crippen LogP contribution in [0.4, 0.5) is 0 Å². The van der Waals surface area contributed by atoms with Crippen LogP contribution in [0.25, 0.3) is 10.6 Å². The first-order chi connectivity index (χ1) is 11.6. The number of aromatic nitrogens is 3. The monoisotopic (exact) mass is 401 g/mol. The molecule has 4 heterocycles. The van der Waals surface area contributed by atoms with Crippen LogP contribution in [0, 0.1) is 0 Å². The van der Waals surface area contributed by atoms with Crippen LogP contribution in [0.15, 0.2) is 39.3 Å². The van der Waals surface area contributed by atoms with Gasteiger partial charge in [-0.2, -0.15) is 5.10 Å². The molecular weight excluding hydrogens is 386 g/mol. The first-order valence-electron chi connectivity index (χ1n) is 7.38. The average Bonchev–Trinajstić information content (AvgIpc) is 3.31. The Morgan fingerprint density at radius 2 is 2.24 bits per heavy atom. The van der Waals surface area contributed by atoms with E-state index in [0.717, 1.165) is 41.5 Å². The molecule has 2 N–H and O–H groups in total. The normalized spacial score (nSPS) is 14.1. The summed E-state index contributed by atoms with van der Waals surface area (Å²) in [5.74, 6) is 0. The molecule has 1 aliphatic rings. The van der Waals surface area contributed by atoms with E-state index in [1.165, 1.54) is 6.26 Å². The molecule has 3 aromatic heterocycles. The smallest absolute Gasteiger partial charge is 0.250 e. The molecule has 25 heavy (non-hydrogen) atoms. The van der Waals surface area contributed by atoms with Crippen LogP contribution in [-0.2, 0) is 29.7 Å². The van der Waals surface area contributed by atoms with Crippen LogP contribution in [0.3, 0.4) is 0 Å². The van der Waals surface area contributed by atoms with E-state index in [9.17, 15) is 8.42 Å². The van der Waals surface area contributed by atoms with Gasteiger partial charge in [-0.3, -0.25) is 4.68 Å². The van der Waals surface area contributed by atoms with Gasteiger partial charge in [0.2, 0.25) is 10.0 Å². The second kappa shape index (κ2) is 7.26.